The highest BCUT2D eigenvalue weighted by molar-refractivity contribution is 5.90. The minimum absolute atomic E-state index is 0.297. The van der Waals surface area contributed by atoms with Crippen LogP contribution in [0.1, 0.15) is 41.1 Å². The Morgan fingerprint density at radius 2 is 2.08 bits per heavy atom. The van der Waals surface area contributed by atoms with Crippen molar-refractivity contribution < 1.29 is 4.79 Å². The predicted molar refractivity (Wildman–Crippen MR) is 91.1 cm³/mol. The molecule has 0 aromatic carbocycles. The molecule has 0 unspecified atom stereocenters. The molecule has 1 aliphatic rings. The number of amides is 1. The molecule has 1 aliphatic heterocycles. The number of carbonyl (C=O) groups excluding carboxylic acids is 1. The van der Waals surface area contributed by atoms with Crippen molar-refractivity contribution in [2.45, 2.75) is 32.2 Å². The molecule has 1 amide bonds. The van der Waals surface area contributed by atoms with E-state index in [-0.39, 0.29) is 0 Å². The van der Waals surface area contributed by atoms with Crippen LogP contribution < -0.4 is 5.73 Å². The van der Waals surface area contributed by atoms with E-state index in [0.29, 0.717) is 11.6 Å². The highest BCUT2D eigenvalue weighted by atomic mass is 16.1. The molecule has 126 valence electrons. The number of nitrogens with zero attached hydrogens (tertiary/aromatic N) is 4. The molecule has 1 fully saturated rings. The summed E-state index contributed by atoms with van der Waals surface area (Å²) in [7, 11) is 0. The second-order valence-corrected chi connectivity index (χ2v) is 6.36. The van der Waals surface area contributed by atoms with Crippen molar-refractivity contribution >= 4 is 5.91 Å². The Bertz CT molecular complexity index is 676. The van der Waals surface area contributed by atoms with Gasteiger partial charge in [0.15, 0.2) is 0 Å². The van der Waals surface area contributed by atoms with Crippen molar-refractivity contribution in [3.63, 3.8) is 0 Å². The number of pyridine rings is 1. The topological polar surface area (TPSA) is 85.0 Å². The van der Waals surface area contributed by atoms with Gasteiger partial charge in [-0.2, -0.15) is 0 Å². The fourth-order valence-electron chi connectivity index (χ4n) is 3.25. The van der Waals surface area contributed by atoms with Gasteiger partial charge in [0.05, 0.1) is 5.69 Å². The molecule has 1 atom stereocenters. The number of likely N-dealkylation sites (tertiary alicyclic amines) is 1. The Hall–Kier alpha value is -2.34. The molecule has 3 heterocycles. The van der Waals surface area contributed by atoms with Crippen LogP contribution in [0, 0.1) is 5.92 Å². The van der Waals surface area contributed by atoms with Crippen LogP contribution >= 0.6 is 0 Å². The highest BCUT2D eigenvalue weighted by Gasteiger charge is 2.18. The van der Waals surface area contributed by atoms with Gasteiger partial charge in [-0.1, -0.05) is 6.07 Å². The lowest BCUT2D eigenvalue weighted by Crippen LogP contribution is -2.24. The lowest BCUT2D eigenvalue weighted by molar-refractivity contribution is 0.0995. The van der Waals surface area contributed by atoms with E-state index in [0.717, 1.165) is 43.9 Å². The van der Waals surface area contributed by atoms with E-state index in [1.807, 2.05) is 18.3 Å². The Labute approximate surface area is 142 Å². The zero-order valence-corrected chi connectivity index (χ0v) is 13.8. The summed E-state index contributed by atoms with van der Waals surface area (Å²) in [6.45, 7) is 3.07. The van der Waals surface area contributed by atoms with Crippen molar-refractivity contribution in [2.24, 2.45) is 11.7 Å². The summed E-state index contributed by atoms with van der Waals surface area (Å²) in [5.74, 6) is 0.0791. The number of hydrogen-bond acceptors (Lipinski definition) is 5. The third-order valence-electron chi connectivity index (χ3n) is 4.53. The van der Waals surface area contributed by atoms with Gasteiger partial charge in [0.1, 0.15) is 12.0 Å². The summed E-state index contributed by atoms with van der Waals surface area (Å²) in [6, 6.07) is 7.78. The molecular weight excluding hydrogens is 302 g/mol. The summed E-state index contributed by atoms with van der Waals surface area (Å²) in [5, 5.41) is 0. The number of primary amides is 1. The minimum atomic E-state index is -0.499. The number of carbonyl (C=O) groups is 1. The average Bonchev–Trinajstić information content (AvgIpc) is 2.81. The first-order valence-electron chi connectivity index (χ1n) is 8.43. The lowest BCUT2D eigenvalue weighted by Gasteiger charge is -2.19. The van der Waals surface area contributed by atoms with Gasteiger partial charge < -0.3 is 5.73 Å². The van der Waals surface area contributed by atoms with E-state index in [9.17, 15) is 4.79 Å². The normalized spacial score (nSPS) is 18.9. The third-order valence-corrected chi connectivity index (χ3v) is 4.53. The van der Waals surface area contributed by atoms with Crippen LogP contribution in [0.25, 0.3) is 0 Å². The van der Waals surface area contributed by atoms with Gasteiger partial charge in [-0.25, -0.2) is 9.97 Å². The zero-order valence-electron chi connectivity index (χ0n) is 13.8. The first-order chi connectivity index (χ1) is 11.7. The maximum absolute atomic E-state index is 11.2. The van der Waals surface area contributed by atoms with E-state index >= 15 is 0 Å². The summed E-state index contributed by atoms with van der Waals surface area (Å²) in [6.07, 6.45) is 7.63. The van der Waals surface area contributed by atoms with E-state index < -0.39 is 5.91 Å². The standard InChI is InChI=1S/C18H23N5O/c19-18(24)17-11-16(21-13-22-17)10-14-4-3-8-23(9-6-14)12-15-5-1-2-7-20-15/h1-2,5,7,11,13-14H,3-4,6,8-10,12H2,(H2,19,24)/t14-/m0/s1. The molecule has 0 spiro atoms. The van der Waals surface area contributed by atoms with Crippen LogP contribution in [0.15, 0.2) is 36.8 Å². The van der Waals surface area contributed by atoms with Gasteiger partial charge in [-0.05, 0) is 62.9 Å². The van der Waals surface area contributed by atoms with Crippen molar-refractivity contribution in [3.05, 3.63) is 53.9 Å². The van der Waals surface area contributed by atoms with Gasteiger partial charge in [0.25, 0.3) is 5.91 Å². The van der Waals surface area contributed by atoms with Gasteiger partial charge in [-0.15, -0.1) is 0 Å². The number of aromatic nitrogens is 3. The van der Waals surface area contributed by atoms with E-state index in [4.69, 9.17) is 5.73 Å². The maximum Gasteiger partial charge on any atom is 0.267 e. The molecule has 0 saturated carbocycles. The lowest BCUT2D eigenvalue weighted by atomic mass is 9.95. The molecule has 6 nitrogen and oxygen atoms in total. The van der Waals surface area contributed by atoms with Crippen molar-refractivity contribution in [2.75, 3.05) is 13.1 Å². The molecule has 2 aromatic heterocycles. The molecule has 3 rings (SSSR count). The number of hydrogen-bond donors (Lipinski definition) is 1. The van der Waals surface area contributed by atoms with Crippen LogP contribution in [0.2, 0.25) is 0 Å². The average molecular weight is 325 g/mol. The molecule has 0 bridgehead atoms. The highest BCUT2D eigenvalue weighted by Crippen LogP contribution is 2.22. The Morgan fingerprint density at radius 3 is 2.88 bits per heavy atom. The predicted octanol–water partition coefficient (Wildman–Crippen LogP) is 1.82. The van der Waals surface area contributed by atoms with Gasteiger partial charge in [-0.3, -0.25) is 14.7 Å². The van der Waals surface area contributed by atoms with Crippen LogP contribution in [0.4, 0.5) is 0 Å². The SMILES string of the molecule is NC(=O)c1cc(C[C@H]2CCCN(Cc3ccccn3)CC2)ncn1. The molecule has 0 radical (unpaired) electrons. The van der Waals surface area contributed by atoms with E-state index in [1.54, 1.807) is 6.07 Å². The summed E-state index contributed by atoms with van der Waals surface area (Å²) in [4.78, 5) is 26.3. The second kappa shape index (κ2) is 7.97. The van der Waals surface area contributed by atoms with Crippen molar-refractivity contribution in [3.8, 4) is 0 Å². The fourth-order valence-corrected chi connectivity index (χ4v) is 3.25. The van der Waals surface area contributed by atoms with Crippen molar-refractivity contribution in [1.29, 1.82) is 0 Å². The molecule has 2 aromatic rings. The second-order valence-electron chi connectivity index (χ2n) is 6.36. The van der Waals surface area contributed by atoms with Gasteiger partial charge in [0, 0.05) is 18.4 Å². The first-order valence-corrected chi connectivity index (χ1v) is 8.43. The summed E-state index contributed by atoms with van der Waals surface area (Å²) < 4.78 is 0. The number of rotatable bonds is 5. The van der Waals surface area contributed by atoms with Gasteiger partial charge in [0.2, 0.25) is 0 Å². The maximum atomic E-state index is 11.2. The van der Waals surface area contributed by atoms with Crippen LogP contribution in [-0.4, -0.2) is 38.8 Å². The molecular formula is C18H23N5O. The summed E-state index contributed by atoms with van der Waals surface area (Å²) >= 11 is 0. The summed E-state index contributed by atoms with van der Waals surface area (Å²) in [5.41, 5.74) is 7.61. The fraction of sp³-hybridized carbons (Fsp3) is 0.444. The number of nitrogens with two attached hydrogens (primary N) is 1. The minimum Gasteiger partial charge on any atom is -0.364 e. The third kappa shape index (κ3) is 4.58. The van der Waals surface area contributed by atoms with Gasteiger partial charge >= 0.3 is 0 Å². The molecule has 0 aliphatic carbocycles. The van der Waals surface area contributed by atoms with Crippen LogP contribution in [-0.2, 0) is 13.0 Å². The van der Waals surface area contributed by atoms with E-state index in [1.165, 1.54) is 19.2 Å². The largest absolute Gasteiger partial charge is 0.364 e. The quantitative estimate of drug-likeness (QED) is 0.906. The Balaban J connectivity index is 1.55. The zero-order chi connectivity index (χ0) is 16.8. The van der Waals surface area contributed by atoms with Crippen molar-refractivity contribution in [1.82, 2.24) is 19.9 Å². The molecule has 2 N–H and O–H groups in total. The van der Waals surface area contributed by atoms with Crippen LogP contribution in [0.3, 0.4) is 0 Å². The van der Waals surface area contributed by atoms with E-state index in [2.05, 4.69) is 25.9 Å². The Morgan fingerprint density at radius 1 is 1.17 bits per heavy atom. The Kier molecular flexibility index (Phi) is 5.48. The smallest absolute Gasteiger partial charge is 0.267 e. The monoisotopic (exact) mass is 325 g/mol. The molecule has 1 saturated heterocycles. The molecule has 24 heavy (non-hydrogen) atoms. The first kappa shape index (κ1) is 16.5. The van der Waals surface area contributed by atoms with Crippen LogP contribution in [0.5, 0.6) is 0 Å². The molecule has 6 heteroatoms.